The molecule has 1 aromatic rings. The third-order valence-electron chi connectivity index (χ3n) is 2.53. The molecule has 0 radical (unpaired) electrons. The highest BCUT2D eigenvalue weighted by Gasteiger charge is 2.24. The number of rotatable bonds is 3. The number of amides is 2. The van der Waals surface area contributed by atoms with Crippen LogP contribution in [0, 0.1) is 5.92 Å². The summed E-state index contributed by atoms with van der Waals surface area (Å²) in [4.78, 5) is 11.4. The van der Waals surface area contributed by atoms with E-state index < -0.39 is 0 Å². The Morgan fingerprint density at radius 1 is 1.31 bits per heavy atom. The van der Waals surface area contributed by atoms with Crippen LogP contribution in [-0.2, 0) is 0 Å². The van der Waals surface area contributed by atoms with Crippen LogP contribution < -0.4 is 10.7 Å². The molecule has 16 heavy (non-hydrogen) atoms. The minimum Gasteiger partial charge on any atom is -0.307 e. The number of nitrogens with zero attached hydrogens (tertiary/aromatic N) is 1. The zero-order valence-electron chi connectivity index (χ0n) is 9.23. The van der Waals surface area contributed by atoms with Gasteiger partial charge < -0.3 is 5.32 Å². The zero-order valence-corrected chi connectivity index (χ0v) is 9.23. The van der Waals surface area contributed by atoms with E-state index in [4.69, 9.17) is 0 Å². The summed E-state index contributed by atoms with van der Waals surface area (Å²) in [6, 6.07) is 9.00. The van der Waals surface area contributed by atoms with Crippen LogP contribution in [0.25, 0.3) is 0 Å². The third-order valence-corrected chi connectivity index (χ3v) is 2.53. The molecule has 2 amide bonds. The van der Waals surface area contributed by atoms with Crippen molar-refractivity contribution in [2.75, 3.05) is 5.32 Å². The number of hydrogen-bond donors (Lipinski definition) is 2. The molecule has 0 aromatic heterocycles. The first-order chi connectivity index (χ1) is 7.75. The first-order valence-electron chi connectivity index (χ1n) is 5.42. The van der Waals surface area contributed by atoms with Crippen LogP contribution in [0.2, 0.25) is 0 Å². The molecule has 0 bridgehead atoms. The van der Waals surface area contributed by atoms with Gasteiger partial charge in [-0.2, -0.15) is 5.10 Å². The van der Waals surface area contributed by atoms with Crippen LogP contribution in [0.1, 0.15) is 19.8 Å². The summed E-state index contributed by atoms with van der Waals surface area (Å²) in [5.41, 5.74) is 4.26. The van der Waals surface area contributed by atoms with E-state index in [0.717, 1.165) is 11.4 Å². The maximum absolute atomic E-state index is 11.4. The van der Waals surface area contributed by atoms with Crippen molar-refractivity contribution >= 4 is 17.4 Å². The molecule has 0 aliphatic heterocycles. The van der Waals surface area contributed by atoms with Gasteiger partial charge in [0.05, 0.1) is 0 Å². The van der Waals surface area contributed by atoms with Crippen LogP contribution in [0.15, 0.2) is 35.4 Å². The smallest absolute Gasteiger partial charge is 0.307 e. The number of urea groups is 1. The van der Waals surface area contributed by atoms with Gasteiger partial charge in [-0.1, -0.05) is 18.2 Å². The summed E-state index contributed by atoms with van der Waals surface area (Å²) in [5, 5.41) is 6.74. The number of nitrogens with one attached hydrogen (secondary N) is 2. The molecule has 2 N–H and O–H groups in total. The van der Waals surface area contributed by atoms with Crippen LogP contribution >= 0.6 is 0 Å². The Balaban J connectivity index is 1.82. The molecule has 1 fully saturated rings. The summed E-state index contributed by atoms with van der Waals surface area (Å²) < 4.78 is 0. The Hall–Kier alpha value is -1.84. The molecule has 0 spiro atoms. The number of hydrazone groups is 1. The molecule has 0 unspecified atom stereocenters. The van der Waals surface area contributed by atoms with Crippen LogP contribution in [0.4, 0.5) is 10.5 Å². The predicted molar refractivity (Wildman–Crippen MR) is 64.4 cm³/mol. The van der Waals surface area contributed by atoms with Crippen molar-refractivity contribution in [3.05, 3.63) is 30.3 Å². The Labute approximate surface area is 94.7 Å². The Kier molecular flexibility index (Phi) is 3.19. The fourth-order valence-electron chi connectivity index (χ4n) is 1.41. The lowest BCUT2D eigenvalue weighted by Gasteiger charge is -2.04. The SMILES string of the molecule is CC(=NNC(=O)Nc1ccccc1)C1CC1. The topological polar surface area (TPSA) is 53.5 Å². The number of carbonyl (C=O) groups is 1. The van der Waals surface area contributed by atoms with Gasteiger partial charge in [-0.25, -0.2) is 10.2 Å². The maximum atomic E-state index is 11.4. The zero-order chi connectivity index (χ0) is 11.4. The van der Waals surface area contributed by atoms with Gasteiger partial charge >= 0.3 is 6.03 Å². The fourth-order valence-corrected chi connectivity index (χ4v) is 1.41. The van der Waals surface area contributed by atoms with Crippen molar-refractivity contribution < 1.29 is 4.79 Å². The van der Waals surface area contributed by atoms with Crippen molar-refractivity contribution in [1.82, 2.24) is 5.43 Å². The highest BCUT2D eigenvalue weighted by Crippen LogP contribution is 2.30. The average Bonchev–Trinajstić information content (AvgIpc) is 3.11. The molecule has 1 aliphatic rings. The fraction of sp³-hybridized carbons (Fsp3) is 0.333. The molecule has 2 rings (SSSR count). The standard InChI is InChI=1S/C12H15N3O/c1-9(10-7-8-10)14-15-12(16)13-11-5-3-2-4-6-11/h2-6,10H,7-8H2,1H3,(H2,13,15,16). The number of carbonyl (C=O) groups excluding carboxylic acids is 1. The van der Waals surface area contributed by atoms with E-state index in [1.807, 2.05) is 37.3 Å². The minimum absolute atomic E-state index is 0.300. The quantitative estimate of drug-likeness (QED) is 0.593. The minimum atomic E-state index is -0.300. The summed E-state index contributed by atoms with van der Waals surface area (Å²) in [6.07, 6.45) is 2.38. The molecule has 84 valence electrons. The molecule has 1 aliphatic carbocycles. The summed E-state index contributed by atoms with van der Waals surface area (Å²) >= 11 is 0. The van der Waals surface area contributed by atoms with E-state index in [1.165, 1.54) is 12.8 Å². The van der Waals surface area contributed by atoms with Crippen molar-refractivity contribution in [2.24, 2.45) is 11.0 Å². The Morgan fingerprint density at radius 3 is 2.62 bits per heavy atom. The van der Waals surface area contributed by atoms with Crippen molar-refractivity contribution in [1.29, 1.82) is 0 Å². The average molecular weight is 217 g/mol. The lowest BCUT2D eigenvalue weighted by atomic mass is 10.3. The molecule has 0 heterocycles. The molecular weight excluding hydrogens is 202 g/mol. The lowest BCUT2D eigenvalue weighted by molar-refractivity contribution is 0.252. The molecule has 4 nitrogen and oxygen atoms in total. The van der Waals surface area contributed by atoms with E-state index in [-0.39, 0.29) is 6.03 Å². The lowest BCUT2D eigenvalue weighted by Crippen LogP contribution is -2.25. The van der Waals surface area contributed by atoms with Crippen molar-refractivity contribution in [2.45, 2.75) is 19.8 Å². The van der Waals surface area contributed by atoms with E-state index in [0.29, 0.717) is 5.92 Å². The summed E-state index contributed by atoms with van der Waals surface area (Å²) in [5.74, 6) is 0.581. The molecule has 0 atom stereocenters. The largest absolute Gasteiger partial charge is 0.339 e. The maximum Gasteiger partial charge on any atom is 0.339 e. The van der Waals surface area contributed by atoms with Crippen molar-refractivity contribution in [3.8, 4) is 0 Å². The summed E-state index contributed by atoms with van der Waals surface area (Å²) in [7, 11) is 0. The summed E-state index contributed by atoms with van der Waals surface area (Å²) in [6.45, 7) is 1.94. The first-order valence-corrected chi connectivity index (χ1v) is 5.42. The number of para-hydroxylation sites is 1. The van der Waals surface area contributed by atoms with Gasteiger partial charge in [0.2, 0.25) is 0 Å². The molecule has 1 saturated carbocycles. The molecule has 1 aromatic carbocycles. The van der Waals surface area contributed by atoms with E-state index in [2.05, 4.69) is 15.8 Å². The van der Waals surface area contributed by atoms with Gasteiger partial charge in [0.15, 0.2) is 0 Å². The molecule has 4 heteroatoms. The highest BCUT2D eigenvalue weighted by molar-refractivity contribution is 5.91. The van der Waals surface area contributed by atoms with E-state index in [9.17, 15) is 4.79 Å². The highest BCUT2D eigenvalue weighted by atomic mass is 16.2. The van der Waals surface area contributed by atoms with Crippen LogP contribution in [-0.4, -0.2) is 11.7 Å². The second-order valence-electron chi connectivity index (χ2n) is 3.96. The number of hydrogen-bond acceptors (Lipinski definition) is 2. The van der Waals surface area contributed by atoms with Gasteiger partial charge in [-0.3, -0.25) is 0 Å². The second kappa shape index (κ2) is 4.79. The second-order valence-corrected chi connectivity index (χ2v) is 3.96. The van der Waals surface area contributed by atoms with E-state index in [1.54, 1.807) is 0 Å². The Bertz CT molecular complexity index is 396. The molecular formula is C12H15N3O. The van der Waals surface area contributed by atoms with Gasteiger partial charge in [-0.05, 0) is 37.8 Å². The predicted octanol–water partition coefficient (Wildman–Crippen LogP) is 2.59. The Morgan fingerprint density at radius 2 is 2.00 bits per heavy atom. The normalized spacial score (nSPS) is 15.7. The van der Waals surface area contributed by atoms with E-state index >= 15 is 0 Å². The number of anilines is 1. The van der Waals surface area contributed by atoms with Crippen LogP contribution in [0.5, 0.6) is 0 Å². The third kappa shape index (κ3) is 3.08. The number of benzene rings is 1. The van der Waals surface area contributed by atoms with Crippen LogP contribution in [0.3, 0.4) is 0 Å². The van der Waals surface area contributed by atoms with Gasteiger partial charge in [0.1, 0.15) is 0 Å². The van der Waals surface area contributed by atoms with Gasteiger partial charge in [0, 0.05) is 11.4 Å². The monoisotopic (exact) mass is 217 g/mol. The van der Waals surface area contributed by atoms with Gasteiger partial charge in [-0.15, -0.1) is 0 Å². The first kappa shape index (κ1) is 10.7. The molecule has 0 saturated heterocycles. The van der Waals surface area contributed by atoms with Gasteiger partial charge in [0.25, 0.3) is 0 Å². The van der Waals surface area contributed by atoms with Crippen molar-refractivity contribution in [3.63, 3.8) is 0 Å².